The lowest BCUT2D eigenvalue weighted by atomic mass is 9.54. The molecule has 4 aliphatic rings. The van der Waals surface area contributed by atoms with Crippen LogP contribution in [0.1, 0.15) is 111 Å². The molecular weight excluding hydrogens is 300 g/mol. The quantitative estimate of drug-likeness (QED) is 0.445. The summed E-state index contributed by atoms with van der Waals surface area (Å²) in [5.74, 6) is 6.39. The van der Waals surface area contributed by atoms with Gasteiger partial charge in [-0.25, -0.2) is 0 Å². The second kappa shape index (κ2) is 6.87. The molecular formula is C25H44. The first-order valence-corrected chi connectivity index (χ1v) is 12.0. The van der Waals surface area contributed by atoms with Crippen LogP contribution < -0.4 is 0 Å². The molecule has 0 aliphatic heterocycles. The molecule has 0 radical (unpaired) electrons. The van der Waals surface area contributed by atoms with Crippen LogP contribution in [0.4, 0.5) is 0 Å². The maximum absolute atomic E-state index is 2.73. The summed E-state index contributed by atoms with van der Waals surface area (Å²) >= 11 is 0. The van der Waals surface area contributed by atoms with Crippen LogP contribution in [-0.4, -0.2) is 0 Å². The molecule has 0 bridgehead atoms. The van der Waals surface area contributed by atoms with Gasteiger partial charge in [0, 0.05) is 0 Å². The average Bonchev–Trinajstić information content (AvgIpc) is 3.06. The van der Waals surface area contributed by atoms with Gasteiger partial charge in [0.25, 0.3) is 0 Å². The molecule has 0 spiro atoms. The Morgan fingerprint density at radius 3 is 2.36 bits per heavy atom. The Morgan fingerprint density at radius 2 is 1.56 bits per heavy atom. The minimum atomic E-state index is 0.711. The summed E-state index contributed by atoms with van der Waals surface area (Å²) in [6, 6.07) is 0. The van der Waals surface area contributed by atoms with Crippen molar-refractivity contribution in [3.05, 3.63) is 0 Å². The fourth-order valence-electron chi connectivity index (χ4n) is 8.65. The zero-order valence-electron chi connectivity index (χ0n) is 17.7. The predicted molar refractivity (Wildman–Crippen MR) is 109 cm³/mol. The van der Waals surface area contributed by atoms with Crippen molar-refractivity contribution < 1.29 is 0 Å². The van der Waals surface area contributed by atoms with E-state index in [1.807, 2.05) is 0 Å². The smallest absolute Gasteiger partial charge is 0.0266 e. The third-order valence-electron chi connectivity index (χ3n) is 10.2. The van der Waals surface area contributed by atoms with Crippen molar-refractivity contribution in [3.8, 4) is 0 Å². The number of unbranched alkanes of at least 4 members (excludes halogenated alkanes) is 3. The molecule has 4 saturated carbocycles. The van der Waals surface area contributed by atoms with Crippen LogP contribution in [0.2, 0.25) is 0 Å². The van der Waals surface area contributed by atoms with Gasteiger partial charge >= 0.3 is 0 Å². The molecule has 0 saturated heterocycles. The highest BCUT2D eigenvalue weighted by atomic mass is 14.7. The Hall–Kier alpha value is 0. The minimum Gasteiger partial charge on any atom is -0.0654 e. The van der Waals surface area contributed by atoms with Gasteiger partial charge in [0.15, 0.2) is 0 Å². The normalized spacial score (nSPS) is 51.8. The Bertz CT molecular complexity index is 467. The summed E-state index contributed by atoms with van der Waals surface area (Å²) in [5.41, 5.74) is 1.43. The predicted octanol–water partition coefficient (Wildman–Crippen LogP) is 7.86. The van der Waals surface area contributed by atoms with Crippen molar-refractivity contribution >= 4 is 0 Å². The Labute approximate surface area is 157 Å². The van der Waals surface area contributed by atoms with E-state index in [1.54, 1.807) is 51.4 Å². The Balaban J connectivity index is 1.46. The fourth-order valence-corrected chi connectivity index (χ4v) is 8.65. The lowest BCUT2D eigenvalue weighted by Gasteiger charge is -2.51. The highest BCUT2D eigenvalue weighted by Gasteiger charge is 2.61. The van der Waals surface area contributed by atoms with E-state index < -0.39 is 0 Å². The third-order valence-corrected chi connectivity index (χ3v) is 10.2. The van der Waals surface area contributed by atoms with Crippen LogP contribution in [0.5, 0.6) is 0 Å². The van der Waals surface area contributed by atoms with Crippen LogP contribution in [0.15, 0.2) is 0 Å². The van der Waals surface area contributed by atoms with Crippen LogP contribution >= 0.6 is 0 Å². The molecule has 8 unspecified atom stereocenters. The van der Waals surface area contributed by atoms with Gasteiger partial charge in [0.05, 0.1) is 0 Å². The summed E-state index contributed by atoms with van der Waals surface area (Å²) < 4.78 is 0. The first-order chi connectivity index (χ1) is 12.0. The van der Waals surface area contributed by atoms with Crippen LogP contribution in [0, 0.1) is 46.3 Å². The summed E-state index contributed by atoms with van der Waals surface area (Å²) in [4.78, 5) is 0. The van der Waals surface area contributed by atoms with E-state index in [4.69, 9.17) is 0 Å². The second-order valence-corrected chi connectivity index (χ2v) is 11.4. The van der Waals surface area contributed by atoms with Gasteiger partial charge in [-0.1, -0.05) is 59.8 Å². The van der Waals surface area contributed by atoms with Crippen molar-refractivity contribution in [2.45, 2.75) is 111 Å². The van der Waals surface area contributed by atoms with Crippen LogP contribution in [0.3, 0.4) is 0 Å². The summed E-state index contributed by atoms with van der Waals surface area (Å²) in [6.45, 7) is 10.3. The summed E-state index contributed by atoms with van der Waals surface area (Å²) in [7, 11) is 0. The molecule has 4 aliphatic carbocycles. The minimum absolute atomic E-state index is 0.711. The lowest BCUT2D eigenvalue weighted by Crippen LogP contribution is -2.43. The van der Waals surface area contributed by atoms with Gasteiger partial charge in [-0.2, -0.15) is 0 Å². The number of fused-ring (bicyclic) bond motifs is 5. The molecule has 25 heavy (non-hydrogen) atoms. The van der Waals surface area contributed by atoms with E-state index in [1.165, 1.54) is 32.1 Å². The molecule has 0 N–H and O–H groups in total. The number of rotatable bonds is 5. The summed E-state index contributed by atoms with van der Waals surface area (Å²) in [5, 5.41) is 0. The zero-order valence-corrected chi connectivity index (χ0v) is 17.7. The van der Waals surface area contributed by atoms with E-state index in [0.29, 0.717) is 5.41 Å². The number of hydrogen-bond acceptors (Lipinski definition) is 0. The highest BCUT2D eigenvalue weighted by molar-refractivity contribution is 5.11. The Morgan fingerprint density at radius 1 is 0.800 bits per heavy atom. The largest absolute Gasteiger partial charge is 0.0654 e. The van der Waals surface area contributed by atoms with Gasteiger partial charge < -0.3 is 0 Å². The molecule has 0 heterocycles. The van der Waals surface area contributed by atoms with Gasteiger partial charge in [-0.3, -0.25) is 0 Å². The lowest BCUT2D eigenvalue weighted by molar-refractivity contribution is -0.0186. The van der Waals surface area contributed by atoms with Crippen molar-refractivity contribution in [2.75, 3.05) is 0 Å². The van der Waals surface area contributed by atoms with Crippen LogP contribution in [0.25, 0.3) is 0 Å². The van der Waals surface area contributed by atoms with E-state index in [9.17, 15) is 0 Å². The highest BCUT2D eigenvalue weighted by Crippen LogP contribution is 2.70. The molecule has 0 nitrogen and oxygen atoms in total. The van der Waals surface area contributed by atoms with Crippen molar-refractivity contribution in [1.29, 1.82) is 0 Å². The molecule has 0 heteroatoms. The van der Waals surface area contributed by atoms with Gasteiger partial charge in [-0.15, -0.1) is 0 Å². The molecule has 0 aromatic carbocycles. The molecule has 144 valence electrons. The topological polar surface area (TPSA) is 0 Å². The molecule has 0 aromatic heterocycles. The van der Waals surface area contributed by atoms with E-state index in [0.717, 1.165) is 40.9 Å². The van der Waals surface area contributed by atoms with Crippen molar-refractivity contribution in [1.82, 2.24) is 0 Å². The molecule has 4 rings (SSSR count). The first-order valence-electron chi connectivity index (χ1n) is 12.0. The molecule has 0 aromatic rings. The first kappa shape index (κ1) is 18.4. The van der Waals surface area contributed by atoms with E-state index >= 15 is 0 Å². The second-order valence-electron chi connectivity index (χ2n) is 11.4. The van der Waals surface area contributed by atoms with Gasteiger partial charge in [0.2, 0.25) is 0 Å². The standard InChI is InChI=1S/C25H44/c1-5-6-7-8-9-19-10-11-22-21-17-20-16-18(2)12-14-25(20,4)23(21)13-15-24(19,22)3/h18-23H,5-17H2,1-4H3. The maximum Gasteiger partial charge on any atom is -0.0266 e. The Kier molecular flexibility index (Phi) is 5.04. The number of hydrogen-bond donors (Lipinski definition) is 0. The van der Waals surface area contributed by atoms with Crippen molar-refractivity contribution in [2.24, 2.45) is 46.3 Å². The molecule has 8 atom stereocenters. The third kappa shape index (κ3) is 2.93. The monoisotopic (exact) mass is 344 g/mol. The summed E-state index contributed by atoms with van der Waals surface area (Å²) in [6.07, 6.45) is 19.9. The van der Waals surface area contributed by atoms with Crippen LogP contribution in [-0.2, 0) is 0 Å². The van der Waals surface area contributed by atoms with Gasteiger partial charge in [-0.05, 0) is 97.7 Å². The SMILES string of the molecule is CCCCCCC1CCC2C3CC4CC(C)CCC4(C)C3CCC12C. The fraction of sp³-hybridized carbons (Fsp3) is 1.00. The van der Waals surface area contributed by atoms with E-state index in [-0.39, 0.29) is 0 Å². The molecule has 0 amide bonds. The van der Waals surface area contributed by atoms with E-state index in [2.05, 4.69) is 27.7 Å². The molecule has 4 fully saturated rings. The average molecular weight is 345 g/mol. The maximum atomic E-state index is 2.73. The zero-order chi connectivity index (χ0) is 17.7. The van der Waals surface area contributed by atoms with Crippen molar-refractivity contribution in [3.63, 3.8) is 0 Å². The van der Waals surface area contributed by atoms with Gasteiger partial charge in [0.1, 0.15) is 0 Å².